The Labute approximate surface area is 233 Å². The summed E-state index contributed by atoms with van der Waals surface area (Å²) in [5, 5.41) is 38.7. The maximum Gasteiger partial charge on any atom is 0.264 e. The van der Waals surface area contributed by atoms with Gasteiger partial charge in [0.2, 0.25) is 11.8 Å². The summed E-state index contributed by atoms with van der Waals surface area (Å²) in [5.74, 6) is -0.927. The van der Waals surface area contributed by atoms with Gasteiger partial charge in [0.25, 0.3) is 11.8 Å². The molecular weight excluding hydrogens is 508 g/mol. The van der Waals surface area contributed by atoms with E-state index in [0.29, 0.717) is 12.8 Å². The summed E-state index contributed by atoms with van der Waals surface area (Å²) in [7, 11) is 0. The average Bonchev–Trinajstić information content (AvgIpc) is 3.32. The van der Waals surface area contributed by atoms with Gasteiger partial charge in [-0.2, -0.15) is 0 Å². The van der Waals surface area contributed by atoms with Crippen molar-refractivity contribution < 1.29 is 19.8 Å². The van der Waals surface area contributed by atoms with Crippen molar-refractivity contribution in [3.63, 3.8) is 0 Å². The van der Waals surface area contributed by atoms with Crippen LogP contribution in [0.3, 0.4) is 0 Å². The third-order valence-corrected chi connectivity index (χ3v) is 6.80. The lowest BCUT2D eigenvalue weighted by atomic mass is 10.1. The van der Waals surface area contributed by atoms with E-state index in [1.54, 1.807) is 9.13 Å². The van der Waals surface area contributed by atoms with Crippen LogP contribution in [-0.2, 0) is 9.59 Å². The largest absolute Gasteiger partial charge is 0.493 e. The molecule has 2 amide bonds. The van der Waals surface area contributed by atoms with Crippen molar-refractivity contribution in [2.24, 2.45) is 20.5 Å². The van der Waals surface area contributed by atoms with Crippen LogP contribution in [0.2, 0.25) is 0 Å². The lowest BCUT2D eigenvalue weighted by Gasteiger charge is -2.10. The lowest BCUT2D eigenvalue weighted by Crippen LogP contribution is -1.99. The van der Waals surface area contributed by atoms with Crippen LogP contribution in [0.1, 0.15) is 76.6 Å². The second-order valence-electron chi connectivity index (χ2n) is 10.7. The first-order valence-corrected chi connectivity index (χ1v) is 13.6. The molecule has 4 aromatic rings. The number of carbonyl (C=O) groups is 2. The number of amides is 2. The molecule has 2 N–H and O–H groups in total. The third-order valence-electron chi connectivity index (χ3n) is 6.80. The molecule has 0 aliphatic carbocycles. The topological polar surface area (TPSA) is 134 Å². The summed E-state index contributed by atoms with van der Waals surface area (Å²) in [4.78, 5) is 24.7. The van der Waals surface area contributed by atoms with Crippen molar-refractivity contribution in [2.75, 3.05) is 0 Å². The van der Waals surface area contributed by atoms with E-state index in [9.17, 15) is 19.8 Å². The minimum Gasteiger partial charge on any atom is -0.493 e. The minimum atomic E-state index is -0.437. The van der Waals surface area contributed by atoms with Crippen LogP contribution in [0.4, 0.5) is 11.4 Å². The van der Waals surface area contributed by atoms with E-state index < -0.39 is 11.8 Å². The number of aromatic nitrogens is 2. The number of unbranched alkanes of at least 4 members (excludes halogenated alkanes) is 1. The Morgan fingerprint density at radius 1 is 0.700 bits per heavy atom. The number of fused-ring (bicyclic) bond motifs is 2. The Bertz CT molecular complexity index is 1520. The molecule has 0 bridgehead atoms. The highest BCUT2D eigenvalue weighted by Crippen LogP contribution is 2.42. The molecule has 2 heterocycles. The summed E-state index contributed by atoms with van der Waals surface area (Å²) < 4.78 is 3.52. The highest BCUT2D eigenvalue weighted by molar-refractivity contribution is 5.96. The van der Waals surface area contributed by atoms with Crippen molar-refractivity contribution >= 4 is 45.0 Å². The first-order valence-electron chi connectivity index (χ1n) is 13.6. The maximum atomic E-state index is 12.4. The van der Waals surface area contributed by atoms with Crippen molar-refractivity contribution in [1.82, 2.24) is 9.13 Å². The van der Waals surface area contributed by atoms with Gasteiger partial charge >= 0.3 is 0 Å². The van der Waals surface area contributed by atoms with Gasteiger partial charge < -0.3 is 19.3 Å². The summed E-state index contributed by atoms with van der Waals surface area (Å²) in [6.45, 7) is 11.7. The van der Waals surface area contributed by atoms with Gasteiger partial charge in [-0.1, -0.05) is 23.3 Å². The Morgan fingerprint density at radius 3 is 1.43 bits per heavy atom. The summed E-state index contributed by atoms with van der Waals surface area (Å²) in [6, 6.07) is 11.6. The molecule has 0 saturated carbocycles. The molecule has 10 nitrogen and oxygen atoms in total. The molecule has 0 spiro atoms. The zero-order valence-corrected chi connectivity index (χ0v) is 23.8. The predicted octanol–water partition coefficient (Wildman–Crippen LogP) is 8.27. The summed E-state index contributed by atoms with van der Waals surface area (Å²) >= 11 is 0. The molecule has 0 radical (unpaired) electrons. The highest BCUT2D eigenvalue weighted by atomic mass is 16.3. The quantitative estimate of drug-likeness (QED) is 0.162. The number of hydrogen-bond donors (Lipinski definition) is 2. The molecule has 0 aliphatic heterocycles. The van der Waals surface area contributed by atoms with Gasteiger partial charge in [-0.25, -0.2) is 0 Å². The van der Waals surface area contributed by atoms with Crippen LogP contribution in [0.5, 0.6) is 11.8 Å². The molecule has 0 saturated heterocycles. The Balaban J connectivity index is 1.36. The van der Waals surface area contributed by atoms with Crippen LogP contribution in [-0.4, -0.2) is 31.2 Å². The van der Waals surface area contributed by atoms with Crippen molar-refractivity contribution in [3.8, 4) is 11.8 Å². The van der Waals surface area contributed by atoms with E-state index in [0.717, 1.165) is 32.9 Å². The van der Waals surface area contributed by atoms with Crippen LogP contribution in [0.15, 0.2) is 56.9 Å². The van der Waals surface area contributed by atoms with E-state index in [1.165, 1.54) is 0 Å². The number of hydrogen-bond acceptors (Lipinski definition) is 6. The maximum absolute atomic E-state index is 12.4. The van der Waals surface area contributed by atoms with Crippen LogP contribution in [0.25, 0.3) is 21.8 Å². The van der Waals surface area contributed by atoms with Crippen LogP contribution in [0, 0.1) is 13.8 Å². The molecule has 40 heavy (non-hydrogen) atoms. The molecule has 0 fully saturated rings. The van der Waals surface area contributed by atoms with Crippen molar-refractivity contribution in [2.45, 2.75) is 79.3 Å². The monoisotopic (exact) mass is 544 g/mol. The van der Waals surface area contributed by atoms with Crippen LogP contribution < -0.4 is 0 Å². The second-order valence-corrected chi connectivity index (χ2v) is 10.7. The zero-order valence-electron chi connectivity index (χ0n) is 23.8. The zero-order chi connectivity index (χ0) is 29.1. The Hall–Kier alpha value is -4.34. The van der Waals surface area contributed by atoms with Gasteiger partial charge in [0.05, 0.1) is 11.0 Å². The van der Waals surface area contributed by atoms with Gasteiger partial charge in [0.1, 0.15) is 0 Å². The van der Waals surface area contributed by atoms with E-state index in [2.05, 4.69) is 20.5 Å². The number of carbonyl (C=O) groups excluding carboxylic acids is 2. The molecule has 4 rings (SSSR count). The SMILES string of the molecule is Cc1ccc2c(c1)c(N=NC(=O)CCCCC(=O)N=Nc1c(O)n(C(C)C)c3ccc(C)cc13)c(O)n2C(C)C. The van der Waals surface area contributed by atoms with Crippen LogP contribution >= 0.6 is 0 Å². The molecule has 210 valence electrons. The first kappa shape index (κ1) is 28.7. The lowest BCUT2D eigenvalue weighted by molar-refractivity contribution is -0.120. The predicted molar refractivity (Wildman–Crippen MR) is 155 cm³/mol. The van der Waals surface area contributed by atoms with Gasteiger partial charge in [-0.3, -0.25) is 9.59 Å². The van der Waals surface area contributed by atoms with Gasteiger partial charge in [0.15, 0.2) is 11.4 Å². The minimum absolute atomic E-state index is 0.00136. The second kappa shape index (κ2) is 11.8. The molecule has 2 aromatic heterocycles. The molecule has 2 aromatic carbocycles. The Kier molecular flexibility index (Phi) is 8.46. The molecule has 0 aliphatic rings. The number of aromatic hydroxyl groups is 2. The third kappa shape index (κ3) is 5.80. The molecule has 0 unspecified atom stereocenters. The van der Waals surface area contributed by atoms with E-state index in [4.69, 9.17) is 0 Å². The number of benzene rings is 2. The highest BCUT2D eigenvalue weighted by Gasteiger charge is 2.20. The smallest absolute Gasteiger partial charge is 0.264 e. The van der Waals surface area contributed by atoms with Gasteiger partial charge in [-0.15, -0.1) is 20.5 Å². The fraction of sp³-hybridized carbons (Fsp3) is 0.400. The van der Waals surface area contributed by atoms with Crippen molar-refractivity contribution in [3.05, 3.63) is 47.5 Å². The average molecular weight is 545 g/mol. The van der Waals surface area contributed by atoms with Crippen molar-refractivity contribution in [1.29, 1.82) is 0 Å². The normalized spacial score (nSPS) is 12.3. The van der Waals surface area contributed by atoms with Gasteiger partial charge in [0, 0.05) is 35.7 Å². The number of rotatable bonds is 9. The standard InChI is InChI=1S/C30H36N6O4/c1-17(2)35-23-13-11-19(5)15-21(23)27(29(35)39)33-31-25(37)9-7-8-10-26(38)32-34-28-22-16-20(6)12-14-24(22)36(18(3)4)30(28)40/h11-18,39-40H,7-10H2,1-6H3. The summed E-state index contributed by atoms with van der Waals surface area (Å²) in [6.07, 6.45) is 1.07. The molecule has 0 atom stereocenters. The molecule has 10 heteroatoms. The first-order chi connectivity index (χ1) is 19.0. The van der Waals surface area contributed by atoms with E-state index >= 15 is 0 Å². The summed E-state index contributed by atoms with van der Waals surface area (Å²) in [5.41, 5.74) is 4.21. The molecular formula is C30H36N6O4. The fourth-order valence-electron chi connectivity index (χ4n) is 4.90. The number of nitrogens with zero attached hydrogens (tertiary/aromatic N) is 6. The number of azo groups is 2. The fourth-order valence-corrected chi connectivity index (χ4v) is 4.90. The van der Waals surface area contributed by atoms with E-state index in [1.807, 2.05) is 77.9 Å². The number of aryl methyl sites for hydroxylation is 2. The van der Waals surface area contributed by atoms with E-state index in [-0.39, 0.29) is 48.1 Å². The van der Waals surface area contributed by atoms with Gasteiger partial charge in [-0.05, 0) is 78.6 Å². The Morgan fingerprint density at radius 2 is 1.07 bits per heavy atom.